The van der Waals surface area contributed by atoms with Gasteiger partial charge in [-0.3, -0.25) is 4.57 Å². The average Bonchev–Trinajstić information content (AvgIpc) is 2.98. The molecule has 2 rings (SSSR count). The number of nitrogens with zero attached hydrogens (tertiary/aromatic N) is 7. The van der Waals surface area contributed by atoms with E-state index in [4.69, 9.17) is 21.9 Å². The summed E-state index contributed by atoms with van der Waals surface area (Å²) in [4.78, 5) is 35.6. The maximum Gasteiger partial charge on any atom is 0.403 e. The quantitative estimate of drug-likeness (QED) is 0.210. The molecule has 28 heavy (non-hydrogen) atoms. The van der Waals surface area contributed by atoms with Gasteiger partial charge in [0.1, 0.15) is 5.82 Å². The summed E-state index contributed by atoms with van der Waals surface area (Å²) in [6.45, 7) is 8.45. The summed E-state index contributed by atoms with van der Waals surface area (Å²) < 4.78 is 19.1. The number of hydrogen-bond acceptors (Lipinski definition) is 6. The smallest absolute Gasteiger partial charge is 0.403 e. The molecule has 0 radical (unpaired) electrons. The number of ether oxygens (including phenoxy) is 1. The van der Waals surface area contributed by atoms with Crippen LogP contribution in [-0.2, 0) is 11.0 Å². The fourth-order valence-corrected chi connectivity index (χ4v) is 4.99. The van der Waals surface area contributed by atoms with Crippen molar-refractivity contribution in [2.45, 2.75) is 52.8 Å². The third-order valence-electron chi connectivity index (χ3n) is 4.43. The molecule has 2 aliphatic rings. The lowest BCUT2D eigenvalue weighted by atomic mass is 9.95. The molecule has 2 N–H and O–H groups in total. The van der Waals surface area contributed by atoms with Crippen molar-refractivity contribution in [2.75, 3.05) is 0 Å². The summed E-state index contributed by atoms with van der Waals surface area (Å²) in [6, 6.07) is -0.371. The molecule has 0 aromatic heterocycles. The van der Waals surface area contributed by atoms with Crippen LogP contribution in [0.1, 0.15) is 46.9 Å². The van der Waals surface area contributed by atoms with Crippen LogP contribution >= 0.6 is 19.2 Å². The number of aromatic nitrogens is 4. The largest absolute Gasteiger partial charge is 0.427 e. The van der Waals surface area contributed by atoms with Crippen molar-refractivity contribution in [3.05, 3.63) is 21.4 Å². The van der Waals surface area contributed by atoms with Crippen molar-refractivity contribution in [3.8, 4) is 17.5 Å². The lowest BCUT2D eigenvalue weighted by molar-refractivity contribution is 0.0200. The van der Waals surface area contributed by atoms with Gasteiger partial charge in [-0.1, -0.05) is 46.2 Å². The Balaban J connectivity index is 2.78. The van der Waals surface area contributed by atoms with Gasteiger partial charge >= 0.3 is 13.6 Å². The predicted octanol–water partition coefficient (Wildman–Crippen LogP) is 4.02. The Bertz CT molecular complexity index is 911. The molecule has 0 aliphatic carbocycles. The van der Waals surface area contributed by atoms with E-state index in [1.807, 2.05) is 6.92 Å². The molecule has 0 bridgehead atoms. The highest BCUT2D eigenvalue weighted by atomic mass is 35.5. The van der Waals surface area contributed by atoms with Crippen molar-refractivity contribution in [2.24, 2.45) is 17.1 Å². The minimum Gasteiger partial charge on any atom is -0.427 e. The topological polar surface area (TPSA) is 159 Å². The first-order valence-corrected chi connectivity index (χ1v) is 10.7. The summed E-state index contributed by atoms with van der Waals surface area (Å²) in [5.74, 6) is -0.631. The molecular formula is C15H23ClN7O4P. The summed E-state index contributed by atoms with van der Waals surface area (Å²) in [7, 11) is -4.79. The van der Waals surface area contributed by atoms with Crippen LogP contribution in [0.5, 0.6) is 6.01 Å². The second-order valence-electron chi connectivity index (χ2n) is 6.95. The van der Waals surface area contributed by atoms with E-state index in [0.29, 0.717) is 12.2 Å². The van der Waals surface area contributed by atoms with Gasteiger partial charge in [-0.25, -0.2) is 4.98 Å². The molecule has 0 aromatic rings. The lowest BCUT2D eigenvalue weighted by Gasteiger charge is -2.40. The maximum absolute atomic E-state index is 12.4. The Morgan fingerprint density at radius 2 is 1.89 bits per heavy atom. The summed E-state index contributed by atoms with van der Waals surface area (Å²) >= 11 is 6.21. The molecule has 13 heteroatoms. The van der Waals surface area contributed by atoms with Crippen molar-refractivity contribution >= 4 is 19.2 Å². The monoisotopic (exact) mass is 431 g/mol. The first-order valence-electron chi connectivity index (χ1n) is 8.74. The van der Waals surface area contributed by atoms with Crippen LogP contribution in [0.15, 0.2) is 5.22 Å². The Morgan fingerprint density at radius 3 is 2.36 bits per heavy atom. The van der Waals surface area contributed by atoms with Gasteiger partial charge in [-0.2, -0.15) is 14.9 Å². The highest BCUT2D eigenvalue weighted by Crippen LogP contribution is 2.59. The van der Waals surface area contributed by atoms with Crippen LogP contribution in [0.2, 0.25) is 5.15 Å². The fourth-order valence-electron chi connectivity index (χ4n) is 3.24. The SMILES string of the molecule is CCCc1nc2c(Cl)nc(OC(C(C)C)(C(C)C)P(=O)(O)O)n(N=[N+]=[N-])c-2n1. The Hall–Kier alpha value is -1.90. The van der Waals surface area contributed by atoms with Crippen molar-refractivity contribution in [1.82, 2.24) is 19.6 Å². The second-order valence-corrected chi connectivity index (χ2v) is 9.09. The van der Waals surface area contributed by atoms with E-state index in [0.717, 1.165) is 11.1 Å². The zero-order valence-corrected chi connectivity index (χ0v) is 17.9. The first-order chi connectivity index (χ1) is 13.0. The summed E-state index contributed by atoms with van der Waals surface area (Å²) in [5.41, 5.74) is 9.19. The molecule has 11 nitrogen and oxygen atoms in total. The predicted molar refractivity (Wildman–Crippen MR) is 103 cm³/mol. The third kappa shape index (κ3) is 3.81. The van der Waals surface area contributed by atoms with E-state index >= 15 is 0 Å². The van der Waals surface area contributed by atoms with Gasteiger partial charge in [0.25, 0.3) is 5.82 Å². The lowest BCUT2D eigenvalue weighted by Crippen LogP contribution is -2.47. The molecular weight excluding hydrogens is 409 g/mol. The number of hydrogen-bond donors (Lipinski definition) is 2. The third-order valence-corrected chi connectivity index (χ3v) is 6.72. The normalized spacial score (nSPS) is 12.6. The second kappa shape index (κ2) is 8.23. The fraction of sp³-hybridized carbons (Fsp3) is 0.667. The molecule has 0 spiro atoms. The van der Waals surface area contributed by atoms with E-state index in [1.165, 1.54) is 0 Å². The molecule has 0 saturated carbocycles. The highest BCUT2D eigenvalue weighted by Gasteiger charge is 2.56. The van der Waals surface area contributed by atoms with E-state index < -0.39 is 24.8 Å². The molecule has 0 amide bonds. The van der Waals surface area contributed by atoms with Crippen LogP contribution < -0.4 is 4.74 Å². The Labute approximate surface area is 167 Å². The Kier molecular flexibility index (Phi) is 6.58. The van der Waals surface area contributed by atoms with E-state index in [9.17, 15) is 14.4 Å². The molecule has 0 unspecified atom stereocenters. The highest BCUT2D eigenvalue weighted by molar-refractivity contribution is 7.53. The van der Waals surface area contributed by atoms with Crippen molar-refractivity contribution in [1.29, 1.82) is 0 Å². The van der Waals surface area contributed by atoms with Gasteiger partial charge in [0.15, 0.2) is 10.8 Å². The van der Waals surface area contributed by atoms with E-state index in [1.54, 1.807) is 27.7 Å². The zero-order chi connectivity index (χ0) is 21.3. The van der Waals surface area contributed by atoms with Crippen LogP contribution in [-0.4, -0.2) is 34.8 Å². The number of halogens is 1. The van der Waals surface area contributed by atoms with Gasteiger partial charge in [-0.15, -0.1) is 10.2 Å². The first kappa shape index (κ1) is 22.4. The zero-order valence-electron chi connectivity index (χ0n) is 16.2. The van der Waals surface area contributed by atoms with Crippen LogP contribution in [0.4, 0.5) is 0 Å². The minimum absolute atomic E-state index is 0.0728. The Morgan fingerprint density at radius 1 is 1.29 bits per heavy atom. The summed E-state index contributed by atoms with van der Waals surface area (Å²) in [6.07, 6.45) is 1.36. The number of rotatable bonds is 8. The van der Waals surface area contributed by atoms with Crippen LogP contribution in [0.3, 0.4) is 0 Å². The minimum atomic E-state index is -4.79. The van der Waals surface area contributed by atoms with E-state index in [2.05, 4.69) is 25.1 Å². The number of fused-ring (bicyclic) bond motifs is 1. The average molecular weight is 432 g/mol. The van der Waals surface area contributed by atoms with Gasteiger partial charge in [0, 0.05) is 18.3 Å². The molecule has 2 aliphatic heterocycles. The van der Waals surface area contributed by atoms with E-state index in [-0.39, 0.29) is 22.7 Å². The van der Waals surface area contributed by atoms with Crippen molar-refractivity contribution in [3.63, 3.8) is 0 Å². The molecule has 0 saturated heterocycles. The molecule has 0 aromatic carbocycles. The van der Waals surface area contributed by atoms with Gasteiger partial charge in [0.05, 0.1) is 0 Å². The summed E-state index contributed by atoms with van der Waals surface area (Å²) in [5, 5.41) is 1.54. The van der Waals surface area contributed by atoms with Crippen molar-refractivity contribution < 1.29 is 19.1 Å². The number of imidazole rings is 1. The van der Waals surface area contributed by atoms with Crippen LogP contribution in [0, 0.1) is 11.8 Å². The van der Waals surface area contributed by atoms with Gasteiger partial charge in [-0.05, 0) is 11.6 Å². The van der Waals surface area contributed by atoms with Gasteiger partial charge < -0.3 is 14.5 Å². The van der Waals surface area contributed by atoms with Gasteiger partial charge in [0.2, 0.25) is 5.34 Å². The number of azide groups is 1. The molecule has 0 atom stereocenters. The standard InChI is InChI=1S/C15H23ClN7O4P/c1-6-7-10-18-11-12(16)20-14(23(22-21-17)13(11)19-10)27-15(8(2)3,9(4)5)28(24,25)26/h8-9H,6-7H2,1-5H3,(H2,24,25,26). The molecule has 0 fully saturated rings. The maximum atomic E-state index is 12.4. The number of aryl methyl sites for hydroxylation is 1. The molecule has 154 valence electrons. The molecule has 2 heterocycles. The van der Waals surface area contributed by atoms with Crippen LogP contribution in [0.25, 0.3) is 22.0 Å².